The van der Waals surface area contributed by atoms with Gasteiger partial charge in [0.1, 0.15) is 11.5 Å². The molecule has 0 atom stereocenters. The molecule has 0 spiro atoms. The van der Waals surface area contributed by atoms with Gasteiger partial charge in [0.25, 0.3) is 11.6 Å². The first kappa shape index (κ1) is 18.1. The van der Waals surface area contributed by atoms with Gasteiger partial charge in [-0.2, -0.15) is 0 Å². The number of nitro benzene ring substituents is 1. The molecule has 1 rings (SSSR count). The summed E-state index contributed by atoms with van der Waals surface area (Å²) in [4.78, 5) is 21.6. The predicted octanol–water partition coefficient (Wildman–Crippen LogP) is 1.08. The average Bonchev–Trinajstić information content (AvgIpc) is 2.36. The Labute approximate surface area is 121 Å². The van der Waals surface area contributed by atoms with Crippen LogP contribution in [0.25, 0.3) is 0 Å². The molecule has 9 heteroatoms. The monoisotopic (exact) mass is 306 g/mol. The lowest BCUT2D eigenvalue weighted by atomic mass is 10.1. The highest BCUT2D eigenvalue weighted by Crippen LogP contribution is 2.26. The Hall–Kier alpha value is -1.93. The predicted molar refractivity (Wildman–Crippen MR) is 75.6 cm³/mol. The molecule has 1 amide bonds. The summed E-state index contributed by atoms with van der Waals surface area (Å²) in [6.45, 7) is 3.52. The third-order valence-corrected chi connectivity index (χ3v) is 2.40. The Morgan fingerprint density at radius 3 is 2.65 bits per heavy atom. The summed E-state index contributed by atoms with van der Waals surface area (Å²) >= 11 is 0. The lowest BCUT2D eigenvalue weighted by molar-refractivity contribution is -0.384. The molecule has 0 radical (unpaired) electrons. The Morgan fingerprint density at radius 1 is 1.45 bits per heavy atom. The molecule has 0 saturated heterocycles. The summed E-state index contributed by atoms with van der Waals surface area (Å²) in [5.74, 6) is -1.52. The van der Waals surface area contributed by atoms with E-state index < -0.39 is 22.3 Å². The van der Waals surface area contributed by atoms with Crippen molar-refractivity contribution in [1.29, 1.82) is 0 Å². The maximum absolute atomic E-state index is 13.2. The number of benzene rings is 1. The quantitative estimate of drug-likeness (QED) is 0.315. The number of rotatable bonds is 6. The van der Waals surface area contributed by atoms with Gasteiger partial charge in [-0.25, -0.2) is 4.39 Å². The van der Waals surface area contributed by atoms with Crippen LogP contribution in [0.1, 0.15) is 17.3 Å². The van der Waals surface area contributed by atoms with Crippen LogP contribution in [0.4, 0.5) is 15.8 Å². The lowest BCUT2D eigenvalue weighted by Gasteiger charge is -2.08. The summed E-state index contributed by atoms with van der Waals surface area (Å²) in [6.07, 6.45) is 0. The number of hydrogen-bond donors (Lipinski definition) is 3. The molecular formula is C11H16ClFN4O3. The highest BCUT2D eigenvalue weighted by molar-refractivity contribution is 6.01. The van der Waals surface area contributed by atoms with Gasteiger partial charge in [-0.3, -0.25) is 14.9 Å². The van der Waals surface area contributed by atoms with Crippen LogP contribution in [-0.4, -0.2) is 30.5 Å². The molecule has 0 aliphatic carbocycles. The summed E-state index contributed by atoms with van der Waals surface area (Å²) in [7, 11) is 0. The van der Waals surface area contributed by atoms with E-state index in [0.717, 1.165) is 12.6 Å². The zero-order valence-electron chi connectivity index (χ0n) is 10.8. The maximum Gasteiger partial charge on any atom is 0.295 e. The topological polar surface area (TPSA) is 110 Å². The van der Waals surface area contributed by atoms with Crippen LogP contribution in [0.3, 0.4) is 0 Å². The molecule has 1 aromatic rings. The fourth-order valence-electron chi connectivity index (χ4n) is 1.48. The zero-order chi connectivity index (χ0) is 14.4. The van der Waals surface area contributed by atoms with Crippen molar-refractivity contribution in [2.24, 2.45) is 0 Å². The number of nitrogens with zero attached hydrogens (tertiary/aromatic N) is 1. The number of carbonyl (C=O) groups excluding carboxylic acids is 1. The van der Waals surface area contributed by atoms with E-state index in [4.69, 9.17) is 5.73 Å². The second kappa shape index (κ2) is 8.28. The van der Waals surface area contributed by atoms with E-state index in [1.54, 1.807) is 0 Å². The molecule has 112 valence electrons. The van der Waals surface area contributed by atoms with E-state index in [1.807, 2.05) is 6.92 Å². The lowest BCUT2D eigenvalue weighted by Crippen LogP contribution is -2.32. The minimum Gasteiger partial charge on any atom is -0.393 e. The minimum atomic E-state index is -0.877. The molecule has 4 N–H and O–H groups in total. The SMILES string of the molecule is CCNCCNC(=O)c1cc(F)cc([N+](=O)[O-])c1N.Cl. The summed E-state index contributed by atoms with van der Waals surface area (Å²) in [5.41, 5.74) is 4.31. The van der Waals surface area contributed by atoms with E-state index >= 15 is 0 Å². The first-order chi connectivity index (χ1) is 8.97. The van der Waals surface area contributed by atoms with Gasteiger partial charge < -0.3 is 16.4 Å². The average molecular weight is 307 g/mol. The Balaban J connectivity index is 0.00000361. The van der Waals surface area contributed by atoms with Crippen molar-refractivity contribution in [3.05, 3.63) is 33.6 Å². The van der Waals surface area contributed by atoms with Crippen molar-refractivity contribution in [2.45, 2.75) is 6.92 Å². The standard InChI is InChI=1S/C11H15FN4O3.ClH/c1-2-14-3-4-15-11(17)8-5-7(12)6-9(10(8)13)16(18)19;/h5-6,14H,2-4,13H2,1H3,(H,15,17);1H. The maximum atomic E-state index is 13.2. The molecule has 0 fully saturated rings. The fourth-order valence-corrected chi connectivity index (χ4v) is 1.48. The number of amides is 1. The molecule has 0 aliphatic rings. The number of anilines is 1. The smallest absolute Gasteiger partial charge is 0.295 e. The largest absolute Gasteiger partial charge is 0.393 e. The number of nitro groups is 1. The number of nitrogens with one attached hydrogen (secondary N) is 2. The molecule has 1 aromatic carbocycles. The third kappa shape index (κ3) is 4.63. The van der Waals surface area contributed by atoms with Crippen molar-refractivity contribution < 1.29 is 14.1 Å². The van der Waals surface area contributed by atoms with Crippen LogP contribution >= 0.6 is 12.4 Å². The van der Waals surface area contributed by atoms with Crippen LogP contribution in [-0.2, 0) is 0 Å². The van der Waals surface area contributed by atoms with Crippen LogP contribution in [0.5, 0.6) is 0 Å². The first-order valence-corrected chi connectivity index (χ1v) is 5.69. The van der Waals surface area contributed by atoms with Gasteiger partial charge in [0, 0.05) is 13.1 Å². The molecule has 20 heavy (non-hydrogen) atoms. The van der Waals surface area contributed by atoms with Crippen LogP contribution < -0.4 is 16.4 Å². The molecule has 0 heterocycles. The molecule has 0 saturated carbocycles. The number of halogens is 2. The molecule has 0 aliphatic heterocycles. The second-order valence-corrected chi connectivity index (χ2v) is 3.75. The van der Waals surface area contributed by atoms with Gasteiger partial charge in [0.2, 0.25) is 0 Å². The minimum absolute atomic E-state index is 0. The van der Waals surface area contributed by atoms with Gasteiger partial charge in [0.05, 0.1) is 16.6 Å². The zero-order valence-corrected chi connectivity index (χ0v) is 11.6. The molecular weight excluding hydrogens is 291 g/mol. The Kier molecular flexibility index (Phi) is 7.48. The summed E-state index contributed by atoms with van der Waals surface area (Å²) < 4.78 is 13.2. The van der Waals surface area contributed by atoms with Crippen LogP contribution in [0.15, 0.2) is 12.1 Å². The third-order valence-electron chi connectivity index (χ3n) is 2.40. The number of nitrogens with two attached hydrogens (primary N) is 1. The Morgan fingerprint density at radius 2 is 2.10 bits per heavy atom. The first-order valence-electron chi connectivity index (χ1n) is 5.69. The van der Waals surface area contributed by atoms with Crippen molar-refractivity contribution in [1.82, 2.24) is 10.6 Å². The molecule has 0 unspecified atom stereocenters. The molecule has 0 bridgehead atoms. The second-order valence-electron chi connectivity index (χ2n) is 3.75. The Bertz CT molecular complexity index is 499. The van der Waals surface area contributed by atoms with E-state index in [1.165, 1.54) is 0 Å². The van der Waals surface area contributed by atoms with Crippen molar-refractivity contribution in [2.75, 3.05) is 25.4 Å². The summed E-state index contributed by atoms with van der Waals surface area (Å²) in [5, 5.41) is 16.1. The van der Waals surface area contributed by atoms with E-state index in [0.29, 0.717) is 19.2 Å². The fraction of sp³-hybridized carbons (Fsp3) is 0.364. The highest BCUT2D eigenvalue weighted by atomic mass is 35.5. The van der Waals surface area contributed by atoms with Crippen molar-refractivity contribution >= 4 is 29.7 Å². The van der Waals surface area contributed by atoms with E-state index in [2.05, 4.69) is 10.6 Å². The van der Waals surface area contributed by atoms with Crippen molar-refractivity contribution in [3.63, 3.8) is 0 Å². The number of carbonyl (C=O) groups is 1. The van der Waals surface area contributed by atoms with Gasteiger partial charge in [-0.1, -0.05) is 6.92 Å². The number of hydrogen-bond acceptors (Lipinski definition) is 5. The summed E-state index contributed by atoms with van der Waals surface area (Å²) in [6, 6.07) is 1.57. The number of nitrogen functional groups attached to an aromatic ring is 1. The van der Waals surface area contributed by atoms with Crippen molar-refractivity contribution in [3.8, 4) is 0 Å². The van der Waals surface area contributed by atoms with E-state index in [9.17, 15) is 19.3 Å². The van der Waals surface area contributed by atoms with Crippen LogP contribution in [0, 0.1) is 15.9 Å². The normalized spacial score (nSPS) is 9.70. The van der Waals surface area contributed by atoms with E-state index in [-0.39, 0.29) is 23.7 Å². The van der Waals surface area contributed by atoms with Gasteiger partial charge in [-0.05, 0) is 12.6 Å². The highest BCUT2D eigenvalue weighted by Gasteiger charge is 2.21. The van der Waals surface area contributed by atoms with Crippen LogP contribution in [0.2, 0.25) is 0 Å². The van der Waals surface area contributed by atoms with Gasteiger partial charge in [0.15, 0.2) is 0 Å². The van der Waals surface area contributed by atoms with Gasteiger partial charge >= 0.3 is 0 Å². The molecule has 7 nitrogen and oxygen atoms in total. The number of likely N-dealkylation sites (N-methyl/N-ethyl adjacent to an activating group) is 1. The van der Waals surface area contributed by atoms with Gasteiger partial charge in [-0.15, -0.1) is 12.4 Å². The molecule has 0 aromatic heterocycles.